The van der Waals surface area contributed by atoms with Gasteiger partial charge in [-0.3, -0.25) is 4.79 Å². The smallest absolute Gasteiger partial charge is 0.336 e. The molecule has 2 aliphatic carbocycles. The lowest BCUT2D eigenvalue weighted by Gasteiger charge is -2.67. The molecule has 168 valence electrons. The second-order valence-electron chi connectivity index (χ2n) is 10.8. The molecule has 31 heavy (non-hydrogen) atoms. The normalized spacial score (nSPS) is 40.0. The van der Waals surface area contributed by atoms with E-state index in [0.717, 1.165) is 24.0 Å². The fraction of sp³-hybridized carbons (Fsp3) is 0.667. The van der Waals surface area contributed by atoms with E-state index >= 15 is 0 Å². The molecule has 5 nitrogen and oxygen atoms in total. The number of alkyl halides is 2. The largest absolute Gasteiger partial charge is 0.486 e. The zero-order valence-electron chi connectivity index (χ0n) is 18.4. The van der Waals surface area contributed by atoms with Crippen molar-refractivity contribution in [3.8, 4) is 5.75 Å². The SMILES string of the molecule is C[C@H]1CC[C@H]2C(C)(C)C(Br)C(Cl)C[C@]23Oc2c(c(C(=O)O)cc4c2CNC4=O)C[C@]13C. The quantitative estimate of drug-likeness (QED) is 0.512. The Morgan fingerprint density at radius 3 is 2.68 bits per heavy atom. The minimum Gasteiger partial charge on any atom is -0.486 e. The summed E-state index contributed by atoms with van der Waals surface area (Å²) >= 11 is 10.8. The summed E-state index contributed by atoms with van der Waals surface area (Å²) in [5.41, 5.74) is 1.28. The molecule has 2 N–H and O–H groups in total. The molecule has 1 aromatic carbocycles. The molecule has 4 aliphatic rings. The Hall–Kier alpha value is -1.27. The lowest BCUT2D eigenvalue weighted by Crippen LogP contribution is -2.71. The molecule has 5 rings (SSSR count). The third-order valence-corrected chi connectivity index (χ3v) is 11.7. The maximum atomic E-state index is 12.4. The van der Waals surface area contributed by atoms with Gasteiger partial charge in [-0.25, -0.2) is 4.79 Å². The van der Waals surface area contributed by atoms with Crippen LogP contribution in [0.3, 0.4) is 0 Å². The van der Waals surface area contributed by atoms with Crippen LogP contribution in [0.15, 0.2) is 6.07 Å². The van der Waals surface area contributed by atoms with Crippen molar-refractivity contribution in [2.75, 3.05) is 0 Å². The highest BCUT2D eigenvalue weighted by atomic mass is 79.9. The Labute approximate surface area is 196 Å². The van der Waals surface area contributed by atoms with E-state index in [1.165, 1.54) is 6.07 Å². The number of aromatic carboxylic acids is 1. The topological polar surface area (TPSA) is 75.6 Å². The number of carbonyl (C=O) groups is 2. The van der Waals surface area contributed by atoms with Gasteiger partial charge in [0.1, 0.15) is 11.4 Å². The molecule has 2 unspecified atom stereocenters. The molecule has 1 amide bonds. The van der Waals surface area contributed by atoms with Crippen LogP contribution in [0, 0.1) is 22.7 Å². The third kappa shape index (κ3) is 2.61. The Morgan fingerprint density at radius 2 is 2.00 bits per heavy atom. The van der Waals surface area contributed by atoms with Crippen molar-refractivity contribution in [2.45, 2.75) is 75.7 Å². The summed E-state index contributed by atoms with van der Waals surface area (Å²) < 4.78 is 7.08. The minimum atomic E-state index is -1.01. The first kappa shape index (κ1) is 21.6. The van der Waals surface area contributed by atoms with Gasteiger partial charge >= 0.3 is 5.97 Å². The highest BCUT2D eigenvalue weighted by Crippen LogP contribution is 2.67. The lowest BCUT2D eigenvalue weighted by atomic mass is 9.44. The monoisotopic (exact) mass is 509 g/mol. The van der Waals surface area contributed by atoms with Crippen molar-refractivity contribution < 1.29 is 19.4 Å². The summed E-state index contributed by atoms with van der Waals surface area (Å²) in [7, 11) is 0. The summed E-state index contributed by atoms with van der Waals surface area (Å²) in [6.45, 7) is 9.45. The standard InChI is InChI=1S/C24H29BrClNO4/c1-11-5-6-17-22(2,3)19(25)16(26)9-24(17)23(11,4)8-14-13(21(29)30)7-12-15(18(14)31-24)10-27-20(12)28/h7,11,16-17,19H,5-6,8-10H2,1-4H3,(H,27,28)(H,29,30)/t11-,16?,17-,19?,23+,24-/m0/s1. The molecule has 0 saturated heterocycles. The molecule has 2 fully saturated rings. The van der Waals surface area contributed by atoms with Gasteiger partial charge in [-0.05, 0) is 36.7 Å². The number of rotatable bonds is 1. The minimum absolute atomic E-state index is 0.0920. The van der Waals surface area contributed by atoms with Crippen LogP contribution in [0.1, 0.15) is 78.8 Å². The average molecular weight is 511 g/mol. The first-order chi connectivity index (χ1) is 14.4. The molecular formula is C24H29BrClNO4. The van der Waals surface area contributed by atoms with E-state index in [1.807, 2.05) is 0 Å². The van der Waals surface area contributed by atoms with Gasteiger partial charge in [0.15, 0.2) is 0 Å². The van der Waals surface area contributed by atoms with Gasteiger partial charge in [-0.2, -0.15) is 0 Å². The number of amides is 1. The van der Waals surface area contributed by atoms with Gasteiger partial charge < -0.3 is 15.2 Å². The van der Waals surface area contributed by atoms with Crippen LogP contribution in [0.25, 0.3) is 0 Å². The highest BCUT2D eigenvalue weighted by Gasteiger charge is 2.69. The maximum Gasteiger partial charge on any atom is 0.336 e. The Morgan fingerprint density at radius 1 is 1.29 bits per heavy atom. The number of halogens is 2. The lowest BCUT2D eigenvalue weighted by molar-refractivity contribution is -0.207. The summed E-state index contributed by atoms with van der Waals surface area (Å²) in [6, 6.07) is 1.54. The first-order valence-corrected chi connectivity index (χ1v) is 12.5. The van der Waals surface area contributed by atoms with Gasteiger partial charge in [0, 0.05) is 45.8 Å². The van der Waals surface area contributed by atoms with Gasteiger partial charge in [-0.1, -0.05) is 43.6 Å². The number of ether oxygens (including phenoxy) is 1. The van der Waals surface area contributed by atoms with E-state index in [0.29, 0.717) is 36.6 Å². The number of hydrogen-bond donors (Lipinski definition) is 2. The van der Waals surface area contributed by atoms with E-state index in [2.05, 4.69) is 48.9 Å². The molecule has 2 heterocycles. The second kappa shape index (κ2) is 6.63. The van der Waals surface area contributed by atoms with Gasteiger partial charge in [0.25, 0.3) is 5.91 Å². The van der Waals surface area contributed by atoms with Crippen molar-refractivity contribution in [3.05, 3.63) is 28.3 Å². The van der Waals surface area contributed by atoms with Crippen molar-refractivity contribution in [3.63, 3.8) is 0 Å². The fourth-order valence-electron chi connectivity index (χ4n) is 7.16. The van der Waals surface area contributed by atoms with Crippen molar-refractivity contribution in [1.29, 1.82) is 0 Å². The van der Waals surface area contributed by atoms with Crippen LogP contribution in [-0.4, -0.2) is 32.8 Å². The third-order valence-electron chi connectivity index (χ3n) is 9.15. The van der Waals surface area contributed by atoms with Crippen LogP contribution in [0.4, 0.5) is 0 Å². The summed E-state index contributed by atoms with van der Waals surface area (Å²) in [6.07, 6.45) is 3.44. The van der Waals surface area contributed by atoms with Crippen molar-refractivity contribution in [2.24, 2.45) is 22.7 Å². The highest BCUT2D eigenvalue weighted by molar-refractivity contribution is 9.09. The predicted octanol–water partition coefficient (Wildman–Crippen LogP) is 5.16. The average Bonchev–Trinajstić information content (AvgIpc) is 3.06. The Balaban J connectivity index is 1.78. The summed E-state index contributed by atoms with van der Waals surface area (Å²) in [4.78, 5) is 24.8. The van der Waals surface area contributed by atoms with Gasteiger partial charge in [-0.15, -0.1) is 11.6 Å². The van der Waals surface area contributed by atoms with Crippen LogP contribution in [-0.2, 0) is 13.0 Å². The predicted molar refractivity (Wildman–Crippen MR) is 122 cm³/mol. The second-order valence-corrected chi connectivity index (χ2v) is 12.4. The summed E-state index contributed by atoms with van der Waals surface area (Å²) in [5.74, 6) is -0.0109. The number of fused-ring (bicyclic) bond motifs is 3. The van der Waals surface area contributed by atoms with Crippen LogP contribution < -0.4 is 10.1 Å². The summed E-state index contributed by atoms with van der Waals surface area (Å²) in [5, 5.41) is 12.7. The zero-order chi connectivity index (χ0) is 22.5. The number of benzene rings is 1. The number of nitrogens with one attached hydrogen (secondary N) is 1. The molecule has 0 radical (unpaired) electrons. The van der Waals surface area contributed by atoms with E-state index in [9.17, 15) is 14.7 Å². The molecule has 0 aromatic heterocycles. The Kier molecular flexibility index (Phi) is 4.61. The molecule has 2 saturated carbocycles. The van der Waals surface area contributed by atoms with E-state index < -0.39 is 11.6 Å². The number of carboxylic acids is 1. The Bertz CT molecular complexity index is 1010. The van der Waals surface area contributed by atoms with Crippen LogP contribution in [0.2, 0.25) is 0 Å². The van der Waals surface area contributed by atoms with E-state index in [-0.39, 0.29) is 38.4 Å². The van der Waals surface area contributed by atoms with Crippen LogP contribution in [0.5, 0.6) is 5.75 Å². The van der Waals surface area contributed by atoms with Crippen LogP contribution >= 0.6 is 27.5 Å². The fourth-order valence-corrected chi connectivity index (χ4v) is 8.22. The van der Waals surface area contributed by atoms with E-state index in [1.54, 1.807) is 0 Å². The number of carbonyl (C=O) groups excluding carboxylic acids is 1. The molecule has 7 heteroatoms. The molecule has 2 aliphatic heterocycles. The van der Waals surface area contributed by atoms with Gasteiger partial charge in [0.05, 0.1) is 10.9 Å². The van der Waals surface area contributed by atoms with Crippen molar-refractivity contribution >= 4 is 39.4 Å². The zero-order valence-corrected chi connectivity index (χ0v) is 20.7. The molecule has 1 spiro atoms. The molecule has 1 aromatic rings. The molecular weight excluding hydrogens is 482 g/mol. The first-order valence-electron chi connectivity index (χ1n) is 11.1. The number of hydrogen-bond acceptors (Lipinski definition) is 3. The maximum absolute atomic E-state index is 12.4. The molecule has 6 atom stereocenters. The molecule has 0 bridgehead atoms. The number of carboxylic acid groups (broad SMARTS) is 1. The van der Waals surface area contributed by atoms with Crippen molar-refractivity contribution in [1.82, 2.24) is 5.32 Å². The van der Waals surface area contributed by atoms with E-state index in [4.69, 9.17) is 16.3 Å². The van der Waals surface area contributed by atoms with Gasteiger partial charge in [0.2, 0.25) is 0 Å².